The molecule has 1 aromatic carbocycles. The highest BCUT2D eigenvalue weighted by Crippen LogP contribution is 2.35. The number of benzene rings is 1. The molecule has 7 nitrogen and oxygen atoms in total. The van der Waals surface area contributed by atoms with E-state index in [1.54, 1.807) is 28.6 Å². The fourth-order valence-electron chi connectivity index (χ4n) is 3.82. The number of nitrogens with two attached hydrogens (primary N) is 1. The van der Waals surface area contributed by atoms with Crippen LogP contribution in [0.25, 0.3) is 11.5 Å². The van der Waals surface area contributed by atoms with Gasteiger partial charge in [0.1, 0.15) is 0 Å². The molecule has 8 heteroatoms. The Morgan fingerprint density at radius 1 is 1.08 bits per heavy atom. The Kier molecular flexibility index (Phi) is 4.58. The summed E-state index contributed by atoms with van der Waals surface area (Å²) >= 11 is 0. The highest BCUT2D eigenvalue weighted by atomic mass is 32.2. The van der Waals surface area contributed by atoms with Crippen LogP contribution in [0.1, 0.15) is 50.8 Å². The SMILES string of the molecule is NC1(c2noc(-c3cccc(S(=O)(=O)N4CCCCC4)c3)n2)CCCC1. The fourth-order valence-corrected chi connectivity index (χ4v) is 5.38. The second-order valence-electron chi connectivity index (χ2n) is 7.28. The summed E-state index contributed by atoms with van der Waals surface area (Å²) in [5, 5.41) is 4.06. The van der Waals surface area contributed by atoms with E-state index in [1.807, 2.05) is 0 Å². The highest BCUT2D eigenvalue weighted by Gasteiger charge is 2.36. The van der Waals surface area contributed by atoms with Crippen LogP contribution < -0.4 is 5.73 Å². The van der Waals surface area contributed by atoms with E-state index < -0.39 is 15.6 Å². The molecule has 2 aromatic rings. The lowest BCUT2D eigenvalue weighted by Crippen LogP contribution is -2.35. The van der Waals surface area contributed by atoms with Gasteiger partial charge in [0, 0.05) is 18.7 Å². The second-order valence-corrected chi connectivity index (χ2v) is 9.22. The van der Waals surface area contributed by atoms with E-state index in [0.29, 0.717) is 30.4 Å². The molecule has 0 unspecified atom stereocenters. The minimum atomic E-state index is -3.49. The van der Waals surface area contributed by atoms with E-state index in [1.165, 1.54) is 0 Å². The number of rotatable bonds is 4. The first-order valence-electron chi connectivity index (χ1n) is 9.23. The molecule has 1 saturated heterocycles. The van der Waals surface area contributed by atoms with Crippen molar-refractivity contribution in [2.24, 2.45) is 5.73 Å². The van der Waals surface area contributed by atoms with Gasteiger partial charge in [0.05, 0.1) is 10.4 Å². The van der Waals surface area contributed by atoms with Gasteiger partial charge in [-0.25, -0.2) is 8.42 Å². The average Bonchev–Trinajstić information content (AvgIpc) is 3.33. The third kappa shape index (κ3) is 3.17. The Morgan fingerprint density at radius 3 is 2.54 bits per heavy atom. The molecular weight excluding hydrogens is 352 g/mol. The van der Waals surface area contributed by atoms with Gasteiger partial charge in [-0.15, -0.1) is 0 Å². The van der Waals surface area contributed by atoms with E-state index in [0.717, 1.165) is 44.9 Å². The molecule has 1 saturated carbocycles. The maximum absolute atomic E-state index is 12.9. The molecule has 2 N–H and O–H groups in total. The Bertz CT molecular complexity index is 881. The molecule has 26 heavy (non-hydrogen) atoms. The minimum absolute atomic E-state index is 0.264. The topological polar surface area (TPSA) is 102 Å². The monoisotopic (exact) mass is 376 g/mol. The van der Waals surface area contributed by atoms with Crippen molar-refractivity contribution in [1.82, 2.24) is 14.4 Å². The summed E-state index contributed by atoms with van der Waals surface area (Å²) in [6.07, 6.45) is 6.70. The van der Waals surface area contributed by atoms with Crippen molar-refractivity contribution in [2.45, 2.75) is 55.4 Å². The summed E-state index contributed by atoms with van der Waals surface area (Å²) in [7, 11) is -3.49. The van der Waals surface area contributed by atoms with Gasteiger partial charge in [-0.1, -0.05) is 30.5 Å². The quantitative estimate of drug-likeness (QED) is 0.880. The lowest BCUT2D eigenvalue weighted by atomic mass is 9.99. The first kappa shape index (κ1) is 17.6. The van der Waals surface area contributed by atoms with E-state index in [2.05, 4.69) is 10.1 Å². The smallest absolute Gasteiger partial charge is 0.258 e. The molecule has 2 fully saturated rings. The molecule has 2 aliphatic rings. The number of hydrogen-bond acceptors (Lipinski definition) is 6. The van der Waals surface area contributed by atoms with Gasteiger partial charge in [-0.3, -0.25) is 0 Å². The molecule has 0 bridgehead atoms. The van der Waals surface area contributed by atoms with Crippen molar-refractivity contribution in [1.29, 1.82) is 0 Å². The van der Waals surface area contributed by atoms with Crippen molar-refractivity contribution in [2.75, 3.05) is 13.1 Å². The van der Waals surface area contributed by atoms with Gasteiger partial charge in [0.15, 0.2) is 5.82 Å². The van der Waals surface area contributed by atoms with Gasteiger partial charge in [0.25, 0.3) is 5.89 Å². The average molecular weight is 376 g/mol. The fraction of sp³-hybridized carbons (Fsp3) is 0.556. The van der Waals surface area contributed by atoms with E-state index in [9.17, 15) is 8.42 Å². The van der Waals surface area contributed by atoms with Crippen molar-refractivity contribution in [3.05, 3.63) is 30.1 Å². The van der Waals surface area contributed by atoms with Crippen LogP contribution in [0.3, 0.4) is 0 Å². The molecular formula is C18H24N4O3S. The Labute approximate surface area is 153 Å². The van der Waals surface area contributed by atoms with Crippen LogP contribution in [0.4, 0.5) is 0 Å². The number of sulfonamides is 1. The zero-order chi connectivity index (χ0) is 18.2. The number of nitrogens with zero attached hydrogens (tertiary/aromatic N) is 3. The molecule has 1 aliphatic heterocycles. The normalized spacial score (nSPS) is 21.1. The summed E-state index contributed by atoms with van der Waals surface area (Å²) in [6.45, 7) is 1.15. The van der Waals surface area contributed by atoms with Crippen LogP contribution in [0.2, 0.25) is 0 Å². The standard InChI is InChI=1S/C18H24N4O3S/c19-18(9-2-3-10-18)17-20-16(25-21-17)14-7-6-8-15(13-14)26(23,24)22-11-4-1-5-12-22/h6-8,13H,1-5,9-12,19H2. The number of aromatic nitrogens is 2. The van der Waals surface area contributed by atoms with Gasteiger partial charge in [-0.05, 0) is 43.9 Å². The first-order chi connectivity index (χ1) is 12.5. The van der Waals surface area contributed by atoms with Crippen molar-refractivity contribution in [3.63, 3.8) is 0 Å². The number of hydrogen-bond donors (Lipinski definition) is 1. The Morgan fingerprint density at radius 2 is 1.81 bits per heavy atom. The molecule has 1 aromatic heterocycles. The van der Waals surface area contributed by atoms with Gasteiger partial charge >= 0.3 is 0 Å². The summed E-state index contributed by atoms with van der Waals surface area (Å²) in [4.78, 5) is 4.72. The molecule has 0 atom stereocenters. The van der Waals surface area contributed by atoms with Crippen molar-refractivity contribution >= 4 is 10.0 Å². The largest absolute Gasteiger partial charge is 0.334 e. The molecule has 0 spiro atoms. The van der Waals surface area contributed by atoms with E-state index in [-0.39, 0.29) is 4.90 Å². The lowest BCUT2D eigenvalue weighted by molar-refractivity contribution is 0.346. The first-order valence-corrected chi connectivity index (χ1v) is 10.7. The van der Waals surface area contributed by atoms with Crippen LogP contribution in [0, 0.1) is 0 Å². The van der Waals surface area contributed by atoms with Crippen LogP contribution in [0.5, 0.6) is 0 Å². The zero-order valence-corrected chi connectivity index (χ0v) is 15.5. The molecule has 0 radical (unpaired) electrons. The predicted molar refractivity (Wildman–Crippen MR) is 96.7 cm³/mol. The summed E-state index contributed by atoms with van der Waals surface area (Å²) in [6, 6.07) is 6.72. The third-order valence-electron chi connectivity index (χ3n) is 5.40. The molecule has 2 heterocycles. The Balaban J connectivity index is 1.63. The van der Waals surface area contributed by atoms with Crippen LogP contribution in [0.15, 0.2) is 33.7 Å². The van der Waals surface area contributed by atoms with Gasteiger partial charge in [0.2, 0.25) is 10.0 Å². The van der Waals surface area contributed by atoms with Crippen molar-refractivity contribution in [3.8, 4) is 11.5 Å². The van der Waals surface area contributed by atoms with Gasteiger partial charge in [-0.2, -0.15) is 9.29 Å². The molecule has 0 amide bonds. The van der Waals surface area contributed by atoms with Crippen LogP contribution in [-0.2, 0) is 15.6 Å². The molecule has 1 aliphatic carbocycles. The maximum atomic E-state index is 12.9. The summed E-state index contributed by atoms with van der Waals surface area (Å²) in [5.41, 5.74) is 6.45. The molecule has 140 valence electrons. The minimum Gasteiger partial charge on any atom is -0.334 e. The van der Waals surface area contributed by atoms with Crippen molar-refractivity contribution < 1.29 is 12.9 Å². The molecule has 4 rings (SSSR count). The maximum Gasteiger partial charge on any atom is 0.258 e. The van der Waals surface area contributed by atoms with Gasteiger partial charge < -0.3 is 10.3 Å². The predicted octanol–water partition coefficient (Wildman–Crippen LogP) is 2.64. The Hall–Kier alpha value is -1.77. The summed E-state index contributed by atoms with van der Waals surface area (Å²) < 4.78 is 32.7. The highest BCUT2D eigenvalue weighted by molar-refractivity contribution is 7.89. The lowest BCUT2D eigenvalue weighted by Gasteiger charge is -2.25. The summed E-state index contributed by atoms with van der Waals surface area (Å²) in [5.74, 6) is 0.821. The third-order valence-corrected chi connectivity index (χ3v) is 7.30. The van der Waals surface area contributed by atoms with Crippen LogP contribution in [-0.4, -0.2) is 36.0 Å². The number of piperidine rings is 1. The van der Waals surface area contributed by atoms with E-state index >= 15 is 0 Å². The second kappa shape index (κ2) is 6.75. The zero-order valence-electron chi connectivity index (χ0n) is 14.7. The van der Waals surface area contributed by atoms with E-state index in [4.69, 9.17) is 10.3 Å². The van der Waals surface area contributed by atoms with Crippen LogP contribution >= 0.6 is 0 Å².